The predicted octanol–water partition coefficient (Wildman–Crippen LogP) is 5.28. The third-order valence-electron chi connectivity index (χ3n) is 5.67. The van der Waals surface area contributed by atoms with Crippen molar-refractivity contribution in [3.05, 3.63) is 47.1 Å². The molecule has 1 aliphatic heterocycles. The number of hydrogen-bond donors (Lipinski definition) is 0. The van der Waals surface area contributed by atoms with Crippen LogP contribution in [-0.4, -0.2) is 24.5 Å². The molecule has 22 heavy (non-hydrogen) atoms. The van der Waals surface area contributed by atoms with Gasteiger partial charge in [-0.25, -0.2) is 0 Å². The summed E-state index contributed by atoms with van der Waals surface area (Å²) in [5.41, 5.74) is 4.64. The molecule has 0 amide bonds. The van der Waals surface area contributed by atoms with Gasteiger partial charge < -0.3 is 0 Å². The second-order valence-electron chi connectivity index (χ2n) is 7.49. The van der Waals surface area contributed by atoms with Gasteiger partial charge in [0.1, 0.15) is 0 Å². The van der Waals surface area contributed by atoms with Crippen molar-refractivity contribution in [3.63, 3.8) is 0 Å². The van der Waals surface area contributed by atoms with Crippen LogP contribution in [0.5, 0.6) is 0 Å². The van der Waals surface area contributed by atoms with E-state index in [0.717, 1.165) is 11.8 Å². The van der Waals surface area contributed by atoms with Crippen molar-refractivity contribution in [3.8, 4) is 0 Å². The van der Waals surface area contributed by atoms with E-state index in [4.69, 9.17) is 0 Å². The van der Waals surface area contributed by atoms with E-state index in [0.29, 0.717) is 0 Å². The van der Waals surface area contributed by atoms with E-state index in [9.17, 15) is 0 Å². The third-order valence-corrected chi connectivity index (χ3v) is 5.67. The molecule has 1 atom stereocenters. The standard InChI is InChI=1S/C21H31N/c1-17-7-9-19(10-8-17)15-20-11-13-22(14-12-20)16-21-6-4-3-5-18(21)2/h3,5,7-9,19-20H,4,6,10-16H2,1-2H3. The molecule has 1 nitrogen and oxygen atoms in total. The summed E-state index contributed by atoms with van der Waals surface area (Å²) in [7, 11) is 0. The first-order valence-electron chi connectivity index (χ1n) is 9.13. The highest BCUT2D eigenvalue weighted by Crippen LogP contribution is 2.30. The van der Waals surface area contributed by atoms with Crippen molar-refractivity contribution in [1.82, 2.24) is 4.90 Å². The van der Waals surface area contributed by atoms with Crippen molar-refractivity contribution < 1.29 is 0 Å². The SMILES string of the molecule is CC1=CCC(CC2CCN(CC3=C(C)C=CCC3)CC2)C=C1. The summed E-state index contributed by atoms with van der Waals surface area (Å²) in [5.74, 6) is 1.74. The first-order chi connectivity index (χ1) is 10.7. The summed E-state index contributed by atoms with van der Waals surface area (Å²) in [5, 5.41) is 0. The molecule has 0 aromatic heterocycles. The van der Waals surface area contributed by atoms with Gasteiger partial charge in [-0.2, -0.15) is 0 Å². The summed E-state index contributed by atoms with van der Waals surface area (Å²) in [6.45, 7) is 8.31. The van der Waals surface area contributed by atoms with E-state index >= 15 is 0 Å². The number of hydrogen-bond acceptors (Lipinski definition) is 1. The normalized spacial score (nSPS) is 27.4. The highest BCUT2D eigenvalue weighted by atomic mass is 15.1. The molecule has 3 rings (SSSR count). The molecule has 3 aliphatic rings. The number of likely N-dealkylation sites (tertiary alicyclic amines) is 1. The first kappa shape index (κ1) is 15.8. The minimum atomic E-state index is 0.800. The quantitative estimate of drug-likeness (QED) is 0.682. The Kier molecular flexibility index (Phi) is 5.36. The van der Waals surface area contributed by atoms with E-state index in [1.165, 1.54) is 69.3 Å². The number of allylic oxidation sites excluding steroid dienone is 7. The van der Waals surface area contributed by atoms with Crippen LogP contribution in [0.25, 0.3) is 0 Å². The van der Waals surface area contributed by atoms with Gasteiger partial charge in [0, 0.05) is 6.54 Å². The second kappa shape index (κ2) is 7.46. The minimum absolute atomic E-state index is 0.800. The molecular formula is C21H31N. The summed E-state index contributed by atoms with van der Waals surface area (Å²) >= 11 is 0. The van der Waals surface area contributed by atoms with Crippen LogP contribution < -0.4 is 0 Å². The van der Waals surface area contributed by atoms with Crippen molar-refractivity contribution in [1.29, 1.82) is 0 Å². The average Bonchev–Trinajstić information content (AvgIpc) is 2.54. The first-order valence-corrected chi connectivity index (χ1v) is 9.13. The van der Waals surface area contributed by atoms with E-state index in [-0.39, 0.29) is 0 Å². The Balaban J connectivity index is 1.43. The lowest BCUT2D eigenvalue weighted by Crippen LogP contribution is -2.35. The fourth-order valence-corrected chi connectivity index (χ4v) is 4.06. The summed E-state index contributed by atoms with van der Waals surface area (Å²) in [6.07, 6.45) is 19.8. The maximum Gasteiger partial charge on any atom is 0.0198 e. The molecule has 0 spiro atoms. The van der Waals surface area contributed by atoms with E-state index in [1.807, 2.05) is 0 Å². The third kappa shape index (κ3) is 4.23. The van der Waals surface area contributed by atoms with E-state index in [2.05, 4.69) is 49.1 Å². The van der Waals surface area contributed by atoms with Crippen LogP contribution in [0.2, 0.25) is 0 Å². The van der Waals surface area contributed by atoms with Gasteiger partial charge in [-0.3, -0.25) is 4.90 Å². The summed E-state index contributed by atoms with van der Waals surface area (Å²) in [4.78, 5) is 2.69. The molecular weight excluding hydrogens is 266 g/mol. The molecule has 0 radical (unpaired) electrons. The van der Waals surface area contributed by atoms with Crippen molar-refractivity contribution in [2.45, 2.75) is 52.4 Å². The molecule has 0 N–H and O–H groups in total. The predicted molar refractivity (Wildman–Crippen MR) is 95.9 cm³/mol. The van der Waals surface area contributed by atoms with Gasteiger partial charge in [0.2, 0.25) is 0 Å². The Hall–Kier alpha value is -1.08. The summed E-state index contributed by atoms with van der Waals surface area (Å²) < 4.78 is 0. The highest BCUT2D eigenvalue weighted by Gasteiger charge is 2.22. The maximum atomic E-state index is 2.69. The van der Waals surface area contributed by atoms with Gasteiger partial charge in [0.25, 0.3) is 0 Å². The van der Waals surface area contributed by atoms with Crippen LogP contribution >= 0.6 is 0 Å². The Morgan fingerprint density at radius 3 is 2.64 bits per heavy atom. The van der Waals surface area contributed by atoms with Crippen molar-refractivity contribution >= 4 is 0 Å². The molecule has 1 heterocycles. The van der Waals surface area contributed by atoms with Crippen LogP contribution in [-0.2, 0) is 0 Å². The largest absolute Gasteiger partial charge is 0.299 e. The van der Waals surface area contributed by atoms with Crippen molar-refractivity contribution in [2.24, 2.45) is 11.8 Å². The average molecular weight is 297 g/mol. The maximum absolute atomic E-state index is 2.69. The second-order valence-corrected chi connectivity index (χ2v) is 7.49. The molecule has 2 aliphatic carbocycles. The smallest absolute Gasteiger partial charge is 0.0198 e. The Morgan fingerprint density at radius 1 is 1.14 bits per heavy atom. The highest BCUT2D eigenvalue weighted by molar-refractivity contribution is 5.28. The lowest BCUT2D eigenvalue weighted by molar-refractivity contribution is 0.181. The van der Waals surface area contributed by atoms with Gasteiger partial charge in [-0.1, -0.05) is 47.1 Å². The van der Waals surface area contributed by atoms with E-state index in [1.54, 1.807) is 5.57 Å². The zero-order chi connectivity index (χ0) is 15.4. The molecule has 1 fully saturated rings. The topological polar surface area (TPSA) is 3.24 Å². The molecule has 0 aromatic rings. The Labute approximate surface area is 136 Å². The Morgan fingerprint density at radius 2 is 1.95 bits per heavy atom. The minimum Gasteiger partial charge on any atom is -0.299 e. The molecule has 120 valence electrons. The zero-order valence-corrected chi connectivity index (χ0v) is 14.4. The van der Waals surface area contributed by atoms with Gasteiger partial charge in [-0.15, -0.1) is 0 Å². The zero-order valence-electron chi connectivity index (χ0n) is 14.4. The molecule has 0 aromatic carbocycles. The van der Waals surface area contributed by atoms with Crippen LogP contribution in [0.3, 0.4) is 0 Å². The fourth-order valence-electron chi connectivity index (χ4n) is 4.06. The molecule has 1 saturated heterocycles. The monoisotopic (exact) mass is 297 g/mol. The van der Waals surface area contributed by atoms with Gasteiger partial charge >= 0.3 is 0 Å². The van der Waals surface area contributed by atoms with Crippen molar-refractivity contribution in [2.75, 3.05) is 19.6 Å². The lowest BCUT2D eigenvalue weighted by atomic mass is 9.83. The van der Waals surface area contributed by atoms with Crippen LogP contribution in [0.15, 0.2) is 47.1 Å². The Bertz CT molecular complexity index is 498. The van der Waals surface area contributed by atoms with Gasteiger partial charge in [0.05, 0.1) is 0 Å². The van der Waals surface area contributed by atoms with E-state index < -0.39 is 0 Å². The van der Waals surface area contributed by atoms with Crippen LogP contribution in [0.4, 0.5) is 0 Å². The number of piperidine rings is 1. The fraction of sp³-hybridized carbons (Fsp3) is 0.619. The number of rotatable bonds is 4. The van der Waals surface area contributed by atoms with Gasteiger partial charge in [-0.05, 0) is 77.3 Å². The molecule has 1 unspecified atom stereocenters. The summed E-state index contributed by atoms with van der Waals surface area (Å²) in [6, 6.07) is 0. The molecule has 1 heteroatoms. The molecule has 0 saturated carbocycles. The lowest BCUT2D eigenvalue weighted by Gasteiger charge is -2.34. The molecule has 0 bridgehead atoms. The van der Waals surface area contributed by atoms with Gasteiger partial charge in [0.15, 0.2) is 0 Å². The number of nitrogens with zero attached hydrogens (tertiary/aromatic N) is 1. The van der Waals surface area contributed by atoms with Crippen LogP contribution in [0.1, 0.15) is 52.4 Å². The van der Waals surface area contributed by atoms with Crippen LogP contribution in [0, 0.1) is 11.8 Å².